The predicted octanol–water partition coefficient (Wildman–Crippen LogP) is 3.33. The maximum Gasteiger partial charge on any atom is 0.408 e. The minimum Gasteiger partial charge on any atom is -0.444 e. The van der Waals surface area contributed by atoms with E-state index in [1.807, 2.05) is 19.1 Å². The number of allylic oxidation sites excluding steroid dienone is 1. The molecule has 236 valence electrons. The molecule has 3 N–H and O–H groups in total. The third kappa shape index (κ3) is 7.76. The topological polar surface area (TPSA) is 151 Å². The Labute approximate surface area is 254 Å². The highest BCUT2D eigenvalue weighted by Crippen LogP contribution is 2.46. The number of sulfonamides is 1. The molecule has 0 aromatic heterocycles. The second kappa shape index (κ2) is 12.7. The molecule has 1 aromatic carbocycles. The third-order valence-electron chi connectivity index (χ3n) is 8.19. The molecule has 0 unspecified atom stereocenters. The lowest BCUT2D eigenvalue weighted by Crippen LogP contribution is -2.58. The zero-order valence-electron chi connectivity index (χ0n) is 25.6. The lowest BCUT2D eigenvalue weighted by Gasteiger charge is -2.30. The number of nitrogens with one attached hydrogen (secondary N) is 3. The molecule has 43 heavy (non-hydrogen) atoms. The summed E-state index contributed by atoms with van der Waals surface area (Å²) in [4.78, 5) is 55.4. The summed E-state index contributed by atoms with van der Waals surface area (Å²) in [5, 5.41) is 5.57. The van der Waals surface area contributed by atoms with Crippen molar-refractivity contribution in [2.75, 3.05) is 6.54 Å². The van der Waals surface area contributed by atoms with E-state index >= 15 is 0 Å². The first-order chi connectivity index (χ1) is 20.1. The summed E-state index contributed by atoms with van der Waals surface area (Å²) in [6.07, 6.45) is 7.17. The third-order valence-corrected chi connectivity index (χ3v) is 9.68. The molecular formula is C31H44N4O7S. The number of nitrogens with zero attached hydrogens (tertiary/aromatic N) is 1. The van der Waals surface area contributed by atoms with Crippen LogP contribution in [0.1, 0.15) is 78.2 Å². The molecule has 1 saturated heterocycles. The number of aryl methyl sites for hydroxylation is 1. The van der Waals surface area contributed by atoms with E-state index in [1.165, 1.54) is 11.0 Å². The van der Waals surface area contributed by atoms with Crippen molar-refractivity contribution in [3.05, 3.63) is 42.0 Å². The Hall–Kier alpha value is -3.41. The number of carbonyl (C=O) groups is 4. The van der Waals surface area contributed by atoms with Gasteiger partial charge in [0.15, 0.2) is 0 Å². The first-order valence-corrected chi connectivity index (χ1v) is 16.5. The van der Waals surface area contributed by atoms with Gasteiger partial charge in [0.25, 0.3) is 15.9 Å². The number of hydrogen-bond donors (Lipinski definition) is 3. The second-order valence-electron chi connectivity index (χ2n) is 13.1. The maximum atomic E-state index is 13.8. The van der Waals surface area contributed by atoms with Crippen molar-refractivity contribution in [2.45, 2.75) is 108 Å². The van der Waals surface area contributed by atoms with Gasteiger partial charge in [0.05, 0.1) is 4.90 Å². The van der Waals surface area contributed by atoms with Crippen molar-refractivity contribution >= 4 is 33.8 Å². The molecule has 3 aliphatic rings. The van der Waals surface area contributed by atoms with E-state index in [0.29, 0.717) is 37.8 Å². The molecular weight excluding hydrogens is 572 g/mol. The lowest BCUT2D eigenvalue weighted by molar-refractivity contribution is -0.141. The number of ether oxygens (including phenoxy) is 1. The Balaban J connectivity index is 1.60. The first-order valence-electron chi connectivity index (χ1n) is 15.0. The molecule has 4 amide bonds. The van der Waals surface area contributed by atoms with Crippen LogP contribution in [0, 0.1) is 18.8 Å². The van der Waals surface area contributed by atoms with Crippen molar-refractivity contribution in [3.63, 3.8) is 0 Å². The number of hydrogen-bond acceptors (Lipinski definition) is 7. The Kier molecular flexibility index (Phi) is 9.58. The second-order valence-corrected chi connectivity index (χ2v) is 14.7. The summed E-state index contributed by atoms with van der Waals surface area (Å²) in [5.74, 6) is -2.10. The van der Waals surface area contributed by atoms with Gasteiger partial charge in [-0.3, -0.25) is 14.4 Å². The Morgan fingerprint density at radius 1 is 1.12 bits per heavy atom. The van der Waals surface area contributed by atoms with Crippen LogP contribution in [0.4, 0.5) is 4.79 Å². The van der Waals surface area contributed by atoms with Crippen LogP contribution in [0.3, 0.4) is 0 Å². The van der Waals surface area contributed by atoms with Gasteiger partial charge in [-0.05, 0) is 77.3 Å². The van der Waals surface area contributed by atoms with E-state index in [0.717, 1.165) is 12.8 Å². The quantitative estimate of drug-likeness (QED) is 0.439. The van der Waals surface area contributed by atoms with Crippen molar-refractivity contribution in [1.29, 1.82) is 0 Å². The molecule has 4 rings (SSSR count). The van der Waals surface area contributed by atoms with Gasteiger partial charge in [0.1, 0.15) is 23.2 Å². The van der Waals surface area contributed by atoms with E-state index in [1.54, 1.807) is 45.9 Å². The van der Waals surface area contributed by atoms with E-state index in [4.69, 9.17) is 4.74 Å². The normalized spacial score (nSPS) is 29.2. The van der Waals surface area contributed by atoms with Crippen molar-refractivity contribution in [3.8, 4) is 0 Å². The molecule has 2 heterocycles. The van der Waals surface area contributed by atoms with Crippen LogP contribution in [-0.4, -0.2) is 66.9 Å². The molecule has 1 aliphatic carbocycles. The smallest absolute Gasteiger partial charge is 0.408 e. The van der Waals surface area contributed by atoms with Crippen LogP contribution in [0.25, 0.3) is 0 Å². The predicted molar refractivity (Wildman–Crippen MR) is 160 cm³/mol. The van der Waals surface area contributed by atoms with Gasteiger partial charge in [-0.2, -0.15) is 0 Å². The van der Waals surface area contributed by atoms with Crippen LogP contribution < -0.4 is 15.4 Å². The summed E-state index contributed by atoms with van der Waals surface area (Å²) in [5.41, 5.74) is -1.72. The average Bonchev–Trinajstić information content (AvgIpc) is 3.45. The van der Waals surface area contributed by atoms with Gasteiger partial charge in [-0.15, -0.1) is 0 Å². The number of fused-ring (bicyclic) bond motifs is 2. The molecule has 2 fully saturated rings. The number of amides is 4. The molecule has 0 spiro atoms. The van der Waals surface area contributed by atoms with Gasteiger partial charge in [-0.25, -0.2) is 17.9 Å². The molecule has 2 aliphatic heterocycles. The molecule has 11 nitrogen and oxygen atoms in total. The highest BCUT2D eigenvalue weighted by molar-refractivity contribution is 7.90. The van der Waals surface area contributed by atoms with E-state index in [9.17, 15) is 27.6 Å². The van der Waals surface area contributed by atoms with E-state index < -0.39 is 57.1 Å². The fourth-order valence-corrected chi connectivity index (χ4v) is 7.19. The Morgan fingerprint density at radius 2 is 1.84 bits per heavy atom. The van der Waals surface area contributed by atoms with Gasteiger partial charge >= 0.3 is 6.09 Å². The average molecular weight is 617 g/mol. The maximum absolute atomic E-state index is 13.8. The minimum absolute atomic E-state index is 0.00173. The zero-order chi connectivity index (χ0) is 31.6. The highest BCUT2D eigenvalue weighted by Gasteiger charge is 2.61. The minimum atomic E-state index is -4.19. The zero-order valence-corrected chi connectivity index (χ0v) is 26.5. The van der Waals surface area contributed by atoms with E-state index in [2.05, 4.69) is 15.4 Å². The molecule has 12 heteroatoms. The largest absolute Gasteiger partial charge is 0.444 e. The number of benzene rings is 1. The number of carbonyl (C=O) groups excluding carboxylic acids is 4. The van der Waals surface area contributed by atoms with Crippen molar-refractivity contribution < 1.29 is 32.3 Å². The van der Waals surface area contributed by atoms with Crippen molar-refractivity contribution in [1.82, 2.24) is 20.3 Å². The number of rotatable bonds is 4. The lowest BCUT2D eigenvalue weighted by atomic mass is 10.0. The molecule has 1 saturated carbocycles. The molecule has 0 bridgehead atoms. The molecule has 5 atom stereocenters. The SMILES string of the molecule is Cc1ccccc1S(=O)(=O)NC(=O)[C@@]12C[C@H]1/C=C\CCCCC[C@H](NC(=O)OC(C)(C)C)C(=O)N1C[C@H](C)C[C@H]1C(=O)N2. The molecule has 0 radical (unpaired) electrons. The van der Waals surface area contributed by atoms with Crippen LogP contribution >= 0.6 is 0 Å². The Bertz CT molecular complexity index is 1390. The van der Waals surface area contributed by atoms with Gasteiger partial charge in [0, 0.05) is 12.5 Å². The summed E-state index contributed by atoms with van der Waals surface area (Å²) in [6, 6.07) is 4.60. The fraction of sp³-hybridized carbons (Fsp3) is 0.613. The highest BCUT2D eigenvalue weighted by atomic mass is 32.2. The molecule has 1 aromatic rings. The fourth-order valence-electron chi connectivity index (χ4n) is 5.90. The van der Waals surface area contributed by atoms with Crippen LogP contribution in [-0.2, 0) is 29.1 Å². The van der Waals surface area contributed by atoms with Crippen LogP contribution in [0.5, 0.6) is 0 Å². The van der Waals surface area contributed by atoms with Crippen molar-refractivity contribution in [2.24, 2.45) is 11.8 Å². The van der Waals surface area contributed by atoms with E-state index in [-0.39, 0.29) is 23.1 Å². The van der Waals surface area contributed by atoms with Crippen LogP contribution in [0.15, 0.2) is 41.3 Å². The number of alkyl carbamates (subject to hydrolysis) is 1. The first kappa shape index (κ1) is 32.5. The summed E-state index contributed by atoms with van der Waals surface area (Å²) < 4.78 is 33.9. The monoisotopic (exact) mass is 616 g/mol. The van der Waals surface area contributed by atoms with Gasteiger partial charge in [0.2, 0.25) is 11.8 Å². The summed E-state index contributed by atoms with van der Waals surface area (Å²) >= 11 is 0. The standard InChI is InChI=1S/C31H44N4O7S/c1-20-17-24-26(36)33-31(28(38)34-43(40,41)25-16-12-11-13-21(25)2)18-22(31)14-9-7-6-8-10-15-23(27(37)35(24)19-20)32-29(39)42-30(3,4)5/h9,11-14,16,20,22-24H,6-8,10,15,17-19H2,1-5H3,(H,32,39)(H,33,36)(H,34,38)/b14-9-/t20-,22-,23+,24+,31-/m1/s1. The van der Waals surface area contributed by atoms with Crippen LogP contribution in [0.2, 0.25) is 0 Å². The summed E-state index contributed by atoms with van der Waals surface area (Å²) in [7, 11) is -4.19. The summed E-state index contributed by atoms with van der Waals surface area (Å²) in [6.45, 7) is 9.11. The van der Waals surface area contributed by atoms with Gasteiger partial charge in [-0.1, -0.05) is 50.1 Å². The Morgan fingerprint density at radius 3 is 2.53 bits per heavy atom. The van der Waals surface area contributed by atoms with Gasteiger partial charge < -0.3 is 20.3 Å².